The molecule has 1 aliphatic heterocycles. The summed E-state index contributed by atoms with van der Waals surface area (Å²) in [6, 6.07) is 11.8. The molecule has 0 atom stereocenters. The van der Waals surface area contributed by atoms with Crippen LogP contribution in [0.25, 0.3) is 0 Å². The van der Waals surface area contributed by atoms with Gasteiger partial charge in [0.1, 0.15) is 13.1 Å². The summed E-state index contributed by atoms with van der Waals surface area (Å²) in [5, 5.41) is 2.55. The number of methoxy groups -OCH3 is 1. The van der Waals surface area contributed by atoms with Crippen molar-refractivity contribution in [3.8, 4) is 5.75 Å². The van der Waals surface area contributed by atoms with Crippen LogP contribution in [0.2, 0.25) is 0 Å². The lowest BCUT2D eigenvalue weighted by atomic mass is 10.2. The van der Waals surface area contributed by atoms with Gasteiger partial charge in [-0.3, -0.25) is 19.3 Å². The number of hydrogen-bond acceptors (Lipinski definition) is 7. The van der Waals surface area contributed by atoms with Crippen molar-refractivity contribution < 1.29 is 19.1 Å². The number of pyridine rings is 1. The normalized spacial score (nSPS) is 14.1. The molecule has 9 nitrogen and oxygen atoms in total. The molecule has 172 valence electrons. The van der Waals surface area contributed by atoms with E-state index in [2.05, 4.69) is 27.2 Å². The van der Waals surface area contributed by atoms with Crippen molar-refractivity contribution >= 4 is 17.6 Å². The van der Waals surface area contributed by atoms with E-state index in [0.717, 1.165) is 31.9 Å². The van der Waals surface area contributed by atoms with E-state index in [1.807, 2.05) is 18.2 Å². The molecule has 2 heterocycles. The standard InChI is InChI=1S/C23H30N4O5/c1-3-32-23(30)14-24-22(29)17-27-16-21(31-2)20(28)13-19(27)15-25-9-11-26(12-10-25)18-7-5-4-6-8-18/h4-8,13,16H,3,9-12,14-15,17H2,1-2H3,(H,24,29). The highest BCUT2D eigenvalue weighted by atomic mass is 16.5. The number of hydrogen-bond donors (Lipinski definition) is 1. The van der Waals surface area contributed by atoms with Crippen molar-refractivity contribution in [3.63, 3.8) is 0 Å². The van der Waals surface area contributed by atoms with Crippen LogP contribution in [0, 0.1) is 0 Å². The molecule has 1 N–H and O–H groups in total. The Morgan fingerprint density at radius 1 is 1.09 bits per heavy atom. The van der Waals surface area contributed by atoms with Gasteiger partial charge >= 0.3 is 5.97 Å². The Labute approximate surface area is 187 Å². The largest absolute Gasteiger partial charge is 0.491 e. The fourth-order valence-electron chi connectivity index (χ4n) is 3.66. The molecule has 0 unspecified atom stereocenters. The lowest BCUT2D eigenvalue weighted by Crippen LogP contribution is -2.46. The summed E-state index contributed by atoms with van der Waals surface area (Å²) >= 11 is 0. The first-order chi connectivity index (χ1) is 15.5. The van der Waals surface area contributed by atoms with Gasteiger partial charge < -0.3 is 24.3 Å². The van der Waals surface area contributed by atoms with Crippen molar-refractivity contribution in [2.75, 3.05) is 51.3 Å². The molecule has 32 heavy (non-hydrogen) atoms. The molecule has 0 saturated carbocycles. The molecule has 1 aliphatic rings. The molecule has 0 radical (unpaired) electrons. The summed E-state index contributed by atoms with van der Waals surface area (Å²) in [6.07, 6.45) is 1.54. The van der Waals surface area contributed by atoms with E-state index >= 15 is 0 Å². The average molecular weight is 443 g/mol. The number of benzene rings is 1. The molecule has 1 fully saturated rings. The highest BCUT2D eigenvalue weighted by Crippen LogP contribution is 2.17. The quantitative estimate of drug-likeness (QED) is 0.576. The summed E-state index contributed by atoms with van der Waals surface area (Å²) in [4.78, 5) is 40.8. The summed E-state index contributed by atoms with van der Waals surface area (Å²) in [5.41, 5.74) is 1.69. The van der Waals surface area contributed by atoms with Crippen LogP contribution < -0.4 is 20.4 Å². The van der Waals surface area contributed by atoms with E-state index in [9.17, 15) is 14.4 Å². The number of amides is 1. The molecule has 0 bridgehead atoms. The first-order valence-electron chi connectivity index (χ1n) is 10.7. The highest BCUT2D eigenvalue weighted by Gasteiger charge is 2.19. The third-order valence-corrected chi connectivity index (χ3v) is 5.33. The molecule has 1 saturated heterocycles. The maximum Gasteiger partial charge on any atom is 0.325 e. The minimum Gasteiger partial charge on any atom is -0.491 e. The predicted molar refractivity (Wildman–Crippen MR) is 121 cm³/mol. The topological polar surface area (TPSA) is 93.1 Å². The van der Waals surface area contributed by atoms with Gasteiger partial charge in [-0.25, -0.2) is 0 Å². The van der Waals surface area contributed by atoms with Gasteiger partial charge in [-0.2, -0.15) is 0 Å². The van der Waals surface area contributed by atoms with Crippen LogP contribution in [0.1, 0.15) is 12.6 Å². The number of nitrogens with one attached hydrogen (secondary N) is 1. The number of esters is 1. The highest BCUT2D eigenvalue weighted by molar-refractivity contribution is 5.81. The molecule has 1 aromatic heterocycles. The number of ether oxygens (including phenoxy) is 2. The van der Waals surface area contributed by atoms with Crippen molar-refractivity contribution in [2.24, 2.45) is 0 Å². The Bertz CT molecular complexity index is 968. The van der Waals surface area contributed by atoms with E-state index in [1.54, 1.807) is 17.7 Å². The van der Waals surface area contributed by atoms with E-state index in [4.69, 9.17) is 9.47 Å². The van der Waals surface area contributed by atoms with Crippen LogP contribution in [0.15, 0.2) is 47.4 Å². The first kappa shape index (κ1) is 23.3. The number of para-hydroxylation sites is 1. The van der Waals surface area contributed by atoms with Gasteiger partial charge in [0.05, 0.1) is 19.9 Å². The zero-order valence-corrected chi connectivity index (χ0v) is 18.6. The minimum atomic E-state index is -0.491. The summed E-state index contributed by atoms with van der Waals surface area (Å²) < 4.78 is 11.7. The number of rotatable bonds is 9. The third kappa shape index (κ3) is 6.34. The van der Waals surface area contributed by atoms with Gasteiger partial charge in [0.2, 0.25) is 11.3 Å². The lowest BCUT2D eigenvalue weighted by Gasteiger charge is -2.36. The minimum absolute atomic E-state index is 0.0324. The van der Waals surface area contributed by atoms with Gasteiger partial charge in [-0.1, -0.05) is 18.2 Å². The second-order valence-corrected chi connectivity index (χ2v) is 7.51. The van der Waals surface area contributed by atoms with Crippen molar-refractivity contribution in [1.82, 2.24) is 14.8 Å². The average Bonchev–Trinajstić information content (AvgIpc) is 2.80. The molecular weight excluding hydrogens is 412 g/mol. The maximum absolute atomic E-state index is 12.4. The van der Waals surface area contributed by atoms with Crippen LogP contribution in [-0.4, -0.2) is 67.8 Å². The van der Waals surface area contributed by atoms with E-state index in [0.29, 0.717) is 6.54 Å². The Morgan fingerprint density at radius 3 is 2.47 bits per heavy atom. The fraction of sp³-hybridized carbons (Fsp3) is 0.435. The van der Waals surface area contributed by atoms with Gasteiger partial charge in [0.15, 0.2) is 5.75 Å². The molecule has 0 spiro atoms. The molecule has 0 aliphatic carbocycles. The Morgan fingerprint density at radius 2 is 1.81 bits per heavy atom. The molecule has 1 amide bonds. The third-order valence-electron chi connectivity index (χ3n) is 5.33. The van der Waals surface area contributed by atoms with Crippen molar-refractivity contribution in [3.05, 3.63) is 58.5 Å². The molecule has 2 aromatic rings. The van der Waals surface area contributed by atoms with Crippen LogP contribution in [0.3, 0.4) is 0 Å². The van der Waals surface area contributed by atoms with Crippen LogP contribution in [0.5, 0.6) is 5.75 Å². The summed E-state index contributed by atoms with van der Waals surface area (Å²) in [7, 11) is 1.42. The molecular formula is C23H30N4O5. The zero-order chi connectivity index (χ0) is 22.9. The number of piperazine rings is 1. The number of aromatic nitrogens is 1. The fourth-order valence-corrected chi connectivity index (χ4v) is 3.66. The Kier molecular flexibility index (Phi) is 8.27. The van der Waals surface area contributed by atoms with Crippen LogP contribution >= 0.6 is 0 Å². The van der Waals surface area contributed by atoms with Crippen molar-refractivity contribution in [2.45, 2.75) is 20.0 Å². The van der Waals surface area contributed by atoms with E-state index < -0.39 is 5.97 Å². The second kappa shape index (κ2) is 11.3. The monoisotopic (exact) mass is 442 g/mol. The lowest BCUT2D eigenvalue weighted by molar-refractivity contribution is -0.143. The number of carbonyl (C=O) groups excluding carboxylic acids is 2. The zero-order valence-electron chi connectivity index (χ0n) is 18.6. The van der Waals surface area contributed by atoms with Crippen LogP contribution in [0.4, 0.5) is 5.69 Å². The van der Waals surface area contributed by atoms with Gasteiger partial charge in [0, 0.05) is 50.2 Å². The summed E-state index contributed by atoms with van der Waals surface area (Å²) in [5.74, 6) is -0.672. The smallest absolute Gasteiger partial charge is 0.325 e. The SMILES string of the molecule is CCOC(=O)CNC(=O)Cn1cc(OC)c(=O)cc1CN1CCN(c2ccccc2)CC1. The summed E-state index contributed by atoms with van der Waals surface area (Å²) in [6.45, 7) is 5.71. The number of nitrogens with zero attached hydrogens (tertiary/aromatic N) is 3. The van der Waals surface area contributed by atoms with Gasteiger partial charge in [-0.05, 0) is 19.1 Å². The number of carbonyl (C=O) groups is 2. The van der Waals surface area contributed by atoms with Gasteiger partial charge in [0.25, 0.3) is 0 Å². The first-order valence-corrected chi connectivity index (χ1v) is 10.7. The molecule has 1 aromatic carbocycles. The second-order valence-electron chi connectivity index (χ2n) is 7.51. The molecule has 3 rings (SSSR count). The predicted octanol–water partition coefficient (Wildman–Crippen LogP) is 0.858. The van der Waals surface area contributed by atoms with Gasteiger partial charge in [-0.15, -0.1) is 0 Å². The number of anilines is 1. The van der Waals surface area contributed by atoms with E-state index in [1.165, 1.54) is 18.9 Å². The Balaban J connectivity index is 1.65. The van der Waals surface area contributed by atoms with E-state index in [-0.39, 0.29) is 36.8 Å². The van der Waals surface area contributed by atoms with Crippen molar-refractivity contribution in [1.29, 1.82) is 0 Å². The Hall–Kier alpha value is -3.33. The maximum atomic E-state index is 12.4. The van der Waals surface area contributed by atoms with Crippen LogP contribution in [-0.2, 0) is 27.4 Å². The molecule has 9 heteroatoms.